The molecule has 0 aliphatic heterocycles. The van der Waals surface area contributed by atoms with Crippen LogP contribution in [0.1, 0.15) is 22.2 Å². The number of carbonyl (C=O) groups is 1. The van der Waals surface area contributed by atoms with Crippen molar-refractivity contribution in [3.05, 3.63) is 21.9 Å². The van der Waals surface area contributed by atoms with Gasteiger partial charge >= 0.3 is 0 Å². The van der Waals surface area contributed by atoms with Gasteiger partial charge in [0.1, 0.15) is 4.88 Å². The molecule has 0 atom stereocenters. The van der Waals surface area contributed by atoms with E-state index in [2.05, 4.69) is 11.8 Å². The predicted molar refractivity (Wildman–Crippen MR) is 73.7 cm³/mol. The minimum absolute atomic E-state index is 0.00544. The average Bonchev–Trinajstić information content (AvgIpc) is 2.85. The molecular formula is C13H18N2O2S. The molecule has 1 aromatic heterocycles. The second kappa shape index (κ2) is 7.88. The van der Waals surface area contributed by atoms with E-state index in [-0.39, 0.29) is 5.91 Å². The van der Waals surface area contributed by atoms with Gasteiger partial charge < -0.3 is 15.4 Å². The number of hydrogen-bond donors (Lipinski definition) is 1. The summed E-state index contributed by atoms with van der Waals surface area (Å²) in [6.45, 7) is 4.03. The van der Waals surface area contributed by atoms with E-state index in [1.165, 1.54) is 11.3 Å². The number of ether oxygens (including phenoxy) is 1. The lowest BCUT2D eigenvalue weighted by molar-refractivity contribution is 0.0711. The Morgan fingerprint density at radius 1 is 1.61 bits per heavy atom. The molecule has 5 heteroatoms. The van der Waals surface area contributed by atoms with Crippen molar-refractivity contribution in [1.82, 2.24) is 4.90 Å². The molecule has 1 amide bonds. The lowest BCUT2D eigenvalue weighted by atomic mass is 10.2. The highest BCUT2D eigenvalue weighted by Gasteiger charge is 2.18. The van der Waals surface area contributed by atoms with E-state index >= 15 is 0 Å². The summed E-state index contributed by atoms with van der Waals surface area (Å²) >= 11 is 1.41. The highest BCUT2D eigenvalue weighted by atomic mass is 32.1. The van der Waals surface area contributed by atoms with Crippen LogP contribution in [0.15, 0.2) is 11.4 Å². The molecule has 0 bridgehead atoms. The van der Waals surface area contributed by atoms with Crippen molar-refractivity contribution in [1.29, 1.82) is 0 Å². The lowest BCUT2D eigenvalue weighted by Crippen LogP contribution is -2.33. The molecule has 1 rings (SSSR count). The van der Waals surface area contributed by atoms with Crippen molar-refractivity contribution in [2.75, 3.05) is 33.4 Å². The molecular weight excluding hydrogens is 248 g/mol. The van der Waals surface area contributed by atoms with Crippen molar-refractivity contribution >= 4 is 17.2 Å². The van der Waals surface area contributed by atoms with Crippen molar-refractivity contribution in [3.8, 4) is 11.8 Å². The predicted octanol–water partition coefficient (Wildman–Crippen LogP) is 1.17. The zero-order chi connectivity index (χ0) is 13.4. The third-order valence-electron chi connectivity index (χ3n) is 2.42. The first-order chi connectivity index (χ1) is 8.74. The van der Waals surface area contributed by atoms with Gasteiger partial charge in [-0.05, 0) is 18.4 Å². The van der Waals surface area contributed by atoms with Gasteiger partial charge in [-0.3, -0.25) is 4.79 Å². The highest BCUT2D eigenvalue weighted by molar-refractivity contribution is 7.12. The zero-order valence-corrected chi connectivity index (χ0v) is 11.5. The number of nitrogens with two attached hydrogens (primary N) is 1. The Hall–Kier alpha value is -1.35. The summed E-state index contributed by atoms with van der Waals surface area (Å²) in [5, 5.41) is 1.87. The molecule has 1 aromatic rings. The van der Waals surface area contributed by atoms with Crippen LogP contribution in [0, 0.1) is 11.8 Å². The summed E-state index contributed by atoms with van der Waals surface area (Å²) in [4.78, 5) is 14.7. The Morgan fingerprint density at radius 2 is 2.39 bits per heavy atom. The van der Waals surface area contributed by atoms with Crippen LogP contribution in [0.2, 0.25) is 0 Å². The number of thiophene rings is 1. The van der Waals surface area contributed by atoms with Crippen LogP contribution >= 0.6 is 11.3 Å². The molecule has 4 nitrogen and oxygen atoms in total. The number of rotatable bonds is 5. The Kier molecular flexibility index (Phi) is 6.44. The molecule has 98 valence electrons. The fraction of sp³-hybridized carbons (Fsp3) is 0.462. The lowest BCUT2D eigenvalue weighted by Gasteiger charge is -2.19. The third-order valence-corrected chi connectivity index (χ3v) is 3.32. The van der Waals surface area contributed by atoms with Crippen LogP contribution < -0.4 is 5.73 Å². The molecule has 0 unspecified atom stereocenters. The number of likely N-dealkylation sites (N-methyl/N-ethyl adjacent to an activating group) is 1. The fourth-order valence-corrected chi connectivity index (χ4v) is 2.28. The van der Waals surface area contributed by atoms with Crippen molar-refractivity contribution < 1.29 is 9.53 Å². The van der Waals surface area contributed by atoms with Gasteiger partial charge in [-0.25, -0.2) is 0 Å². The van der Waals surface area contributed by atoms with Crippen LogP contribution in [0.4, 0.5) is 0 Å². The van der Waals surface area contributed by atoms with Gasteiger partial charge in [-0.1, -0.05) is 11.8 Å². The molecule has 1 heterocycles. The normalized spacial score (nSPS) is 9.72. The first-order valence-electron chi connectivity index (χ1n) is 5.79. The monoisotopic (exact) mass is 266 g/mol. The molecule has 0 aliphatic rings. The van der Waals surface area contributed by atoms with Crippen molar-refractivity contribution in [3.63, 3.8) is 0 Å². The Bertz CT molecular complexity index is 445. The largest absolute Gasteiger partial charge is 0.383 e. The van der Waals surface area contributed by atoms with Crippen LogP contribution in [-0.2, 0) is 4.74 Å². The molecule has 18 heavy (non-hydrogen) atoms. The third kappa shape index (κ3) is 3.84. The molecule has 0 radical (unpaired) electrons. The number of hydrogen-bond acceptors (Lipinski definition) is 4. The van der Waals surface area contributed by atoms with Gasteiger partial charge in [0, 0.05) is 25.8 Å². The number of amides is 1. The van der Waals surface area contributed by atoms with Crippen LogP contribution in [0.3, 0.4) is 0 Å². The molecule has 0 spiro atoms. The van der Waals surface area contributed by atoms with Gasteiger partial charge in [-0.2, -0.15) is 0 Å². The standard InChI is InChI=1S/C13H18N2O2S/c1-3-15(8-9-17-2)13(16)12-11(5-4-7-14)6-10-18-12/h6,10H,3,7-9,14H2,1-2H3. The van der Waals surface area contributed by atoms with Crippen molar-refractivity contribution in [2.24, 2.45) is 5.73 Å². The Morgan fingerprint density at radius 3 is 3.00 bits per heavy atom. The Balaban J connectivity index is 2.84. The summed E-state index contributed by atoms with van der Waals surface area (Å²) in [6, 6.07) is 1.85. The molecule has 2 N–H and O–H groups in total. The highest BCUT2D eigenvalue weighted by Crippen LogP contribution is 2.18. The van der Waals surface area contributed by atoms with E-state index in [1.54, 1.807) is 12.0 Å². The summed E-state index contributed by atoms with van der Waals surface area (Å²) in [5.74, 6) is 5.71. The van der Waals surface area contributed by atoms with Gasteiger partial charge in [0.2, 0.25) is 0 Å². The zero-order valence-electron chi connectivity index (χ0n) is 10.7. The molecule has 0 aromatic carbocycles. The van der Waals surface area contributed by atoms with Crippen LogP contribution in [0.25, 0.3) is 0 Å². The summed E-state index contributed by atoms with van der Waals surface area (Å²) in [7, 11) is 1.63. The Labute approximate surface area is 112 Å². The number of methoxy groups -OCH3 is 1. The summed E-state index contributed by atoms with van der Waals surface area (Å²) < 4.78 is 5.00. The van der Waals surface area contributed by atoms with Gasteiger partial charge in [0.05, 0.1) is 13.2 Å². The maximum atomic E-state index is 12.3. The van der Waals surface area contributed by atoms with Crippen molar-refractivity contribution in [2.45, 2.75) is 6.92 Å². The van der Waals surface area contributed by atoms with E-state index < -0.39 is 0 Å². The average molecular weight is 266 g/mol. The van der Waals surface area contributed by atoms with Crippen LogP contribution in [0.5, 0.6) is 0 Å². The molecule has 0 fully saturated rings. The second-order valence-corrected chi connectivity index (χ2v) is 4.46. The number of nitrogens with zero attached hydrogens (tertiary/aromatic N) is 1. The first kappa shape index (κ1) is 14.7. The topological polar surface area (TPSA) is 55.6 Å². The quantitative estimate of drug-likeness (QED) is 0.814. The molecule has 0 saturated heterocycles. The summed E-state index contributed by atoms with van der Waals surface area (Å²) in [5.41, 5.74) is 6.10. The summed E-state index contributed by atoms with van der Waals surface area (Å²) in [6.07, 6.45) is 0. The van der Waals surface area contributed by atoms with Crippen LogP contribution in [-0.4, -0.2) is 44.2 Å². The van der Waals surface area contributed by atoms with E-state index in [4.69, 9.17) is 10.5 Å². The SMILES string of the molecule is CCN(CCOC)C(=O)c1sccc1C#CCN. The van der Waals surface area contributed by atoms with Gasteiger partial charge in [0.15, 0.2) is 0 Å². The maximum Gasteiger partial charge on any atom is 0.265 e. The smallest absolute Gasteiger partial charge is 0.265 e. The van der Waals surface area contributed by atoms with E-state index in [1.807, 2.05) is 18.4 Å². The maximum absolute atomic E-state index is 12.3. The first-order valence-corrected chi connectivity index (χ1v) is 6.67. The minimum atomic E-state index is 0.00544. The fourth-order valence-electron chi connectivity index (χ4n) is 1.47. The number of carbonyl (C=O) groups excluding carboxylic acids is 1. The van der Waals surface area contributed by atoms with Gasteiger partial charge in [0.25, 0.3) is 5.91 Å². The second-order valence-electron chi connectivity index (χ2n) is 3.55. The minimum Gasteiger partial charge on any atom is -0.383 e. The molecule has 0 saturated carbocycles. The van der Waals surface area contributed by atoms with E-state index in [0.717, 1.165) is 5.56 Å². The molecule has 0 aliphatic carbocycles. The van der Waals surface area contributed by atoms with E-state index in [9.17, 15) is 4.79 Å². The van der Waals surface area contributed by atoms with Gasteiger partial charge in [-0.15, -0.1) is 11.3 Å². The van der Waals surface area contributed by atoms with E-state index in [0.29, 0.717) is 31.1 Å².